The van der Waals surface area contributed by atoms with Gasteiger partial charge in [0.25, 0.3) is 0 Å². The normalized spacial score (nSPS) is 12.8. The summed E-state index contributed by atoms with van der Waals surface area (Å²) in [6, 6.07) is 0. The summed E-state index contributed by atoms with van der Waals surface area (Å²) in [7, 11) is 1.43. The molecule has 0 aliphatic rings. The molecule has 1 unspecified atom stereocenters. The van der Waals surface area contributed by atoms with Crippen LogP contribution in [0, 0.1) is 0 Å². The quantitative estimate of drug-likeness (QED) is 0.689. The Bertz CT molecular complexity index is 211. The van der Waals surface area contributed by atoms with Crippen molar-refractivity contribution in [3.05, 3.63) is 0 Å². The van der Waals surface area contributed by atoms with Crippen molar-refractivity contribution in [2.45, 2.75) is 31.5 Å². The van der Waals surface area contributed by atoms with E-state index in [-0.39, 0.29) is 50.3 Å². The van der Waals surface area contributed by atoms with Crippen LogP contribution in [0.25, 0.3) is 0 Å². The molecular formula is C9H18ClF3N2O2. The van der Waals surface area contributed by atoms with Crippen LogP contribution in [0.1, 0.15) is 19.3 Å². The van der Waals surface area contributed by atoms with Crippen LogP contribution in [0.4, 0.5) is 13.2 Å². The van der Waals surface area contributed by atoms with Gasteiger partial charge in [0.1, 0.15) is 0 Å². The highest BCUT2D eigenvalue weighted by Crippen LogP contribution is 2.20. The Morgan fingerprint density at radius 2 is 2.06 bits per heavy atom. The molecular weight excluding hydrogens is 261 g/mol. The van der Waals surface area contributed by atoms with E-state index in [0.717, 1.165) is 0 Å². The van der Waals surface area contributed by atoms with Gasteiger partial charge in [0.05, 0.1) is 12.5 Å². The summed E-state index contributed by atoms with van der Waals surface area (Å²) < 4.78 is 40.1. The van der Waals surface area contributed by atoms with Crippen molar-refractivity contribution in [2.24, 2.45) is 5.73 Å². The summed E-state index contributed by atoms with van der Waals surface area (Å²) in [4.78, 5) is 11.2. The number of nitrogens with two attached hydrogens (primary N) is 1. The first-order valence-corrected chi connectivity index (χ1v) is 4.95. The summed E-state index contributed by atoms with van der Waals surface area (Å²) in [6.45, 7) is 0.214. The Morgan fingerprint density at radius 1 is 1.47 bits per heavy atom. The second kappa shape index (κ2) is 9.49. The zero-order valence-electron chi connectivity index (χ0n) is 9.55. The molecule has 0 heterocycles. The highest BCUT2D eigenvalue weighted by Gasteiger charge is 2.26. The number of methoxy groups -OCH3 is 1. The van der Waals surface area contributed by atoms with Crippen LogP contribution in [0.3, 0.4) is 0 Å². The van der Waals surface area contributed by atoms with Gasteiger partial charge in [-0.15, -0.1) is 12.4 Å². The number of carbonyl (C=O) groups excluding carboxylic acids is 1. The summed E-state index contributed by atoms with van der Waals surface area (Å²) in [5.74, 6) is -0.348. The van der Waals surface area contributed by atoms with Crippen molar-refractivity contribution >= 4 is 18.3 Å². The van der Waals surface area contributed by atoms with Crippen molar-refractivity contribution in [3.63, 3.8) is 0 Å². The zero-order chi connectivity index (χ0) is 12.6. The third-order valence-electron chi connectivity index (χ3n) is 1.97. The third-order valence-corrected chi connectivity index (χ3v) is 1.97. The lowest BCUT2D eigenvalue weighted by Gasteiger charge is -2.12. The standard InChI is InChI=1S/C9H17F3N2O2.ClH/c1-16-7(6-13)5-8(15)14-4-2-3-9(10,11)12;/h7H,2-6,13H2,1H3,(H,14,15);1H. The van der Waals surface area contributed by atoms with Crippen molar-refractivity contribution in [3.8, 4) is 0 Å². The number of rotatable bonds is 7. The molecule has 17 heavy (non-hydrogen) atoms. The maximum Gasteiger partial charge on any atom is 0.389 e. The summed E-state index contributed by atoms with van der Waals surface area (Å²) in [5.41, 5.74) is 5.29. The molecule has 8 heteroatoms. The SMILES string of the molecule is COC(CN)CC(=O)NCCCC(F)(F)F.Cl. The first-order valence-electron chi connectivity index (χ1n) is 4.95. The van der Waals surface area contributed by atoms with E-state index in [1.54, 1.807) is 0 Å². The Morgan fingerprint density at radius 3 is 2.47 bits per heavy atom. The molecule has 4 nitrogen and oxygen atoms in total. The predicted octanol–water partition coefficient (Wildman–Crippen LogP) is 1.23. The number of ether oxygens (including phenoxy) is 1. The molecule has 0 rings (SSSR count). The van der Waals surface area contributed by atoms with Gasteiger partial charge in [0.2, 0.25) is 5.91 Å². The minimum atomic E-state index is -4.17. The monoisotopic (exact) mass is 278 g/mol. The number of hydrogen-bond acceptors (Lipinski definition) is 3. The summed E-state index contributed by atoms with van der Waals surface area (Å²) in [5, 5.41) is 2.38. The van der Waals surface area contributed by atoms with Crippen molar-refractivity contribution in [1.29, 1.82) is 0 Å². The third kappa shape index (κ3) is 11.7. The smallest absolute Gasteiger partial charge is 0.380 e. The number of amides is 1. The average Bonchev–Trinajstić information content (AvgIpc) is 2.19. The van der Waals surface area contributed by atoms with Crippen LogP contribution in [0.2, 0.25) is 0 Å². The van der Waals surface area contributed by atoms with Gasteiger partial charge in [-0.25, -0.2) is 0 Å². The molecule has 0 radical (unpaired) electrons. The molecule has 0 aliphatic heterocycles. The Kier molecular flexibility index (Phi) is 10.5. The van der Waals surface area contributed by atoms with E-state index in [4.69, 9.17) is 10.5 Å². The number of alkyl halides is 3. The first kappa shape index (κ1) is 18.8. The van der Waals surface area contributed by atoms with E-state index in [0.29, 0.717) is 0 Å². The van der Waals surface area contributed by atoms with Gasteiger partial charge < -0.3 is 15.8 Å². The van der Waals surface area contributed by atoms with Gasteiger partial charge >= 0.3 is 6.18 Å². The zero-order valence-corrected chi connectivity index (χ0v) is 10.4. The largest absolute Gasteiger partial charge is 0.389 e. The summed E-state index contributed by atoms with van der Waals surface area (Å²) >= 11 is 0. The Hall–Kier alpha value is -0.530. The lowest BCUT2D eigenvalue weighted by atomic mass is 10.2. The molecule has 0 aliphatic carbocycles. The maximum atomic E-state index is 11.8. The molecule has 0 fully saturated rings. The van der Waals surface area contributed by atoms with Gasteiger partial charge in [0.15, 0.2) is 0 Å². The molecule has 0 saturated heterocycles. The van der Waals surface area contributed by atoms with Crippen LogP contribution in [-0.4, -0.2) is 38.4 Å². The van der Waals surface area contributed by atoms with Gasteiger partial charge in [-0.05, 0) is 6.42 Å². The highest BCUT2D eigenvalue weighted by atomic mass is 35.5. The molecule has 0 aromatic heterocycles. The molecule has 0 aromatic carbocycles. The second-order valence-corrected chi connectivity index (χ2v) is 3.37. The van der Waals surface area contributed by atoms with Crippen LogP contribution < -0.4 is 11.1 Å². The van der Waals surface area contributed by atoms with Gasteiger partial charge in [0, 0.05) is 26.6 Å². The van der Waals surface area contributed by atoms with E-state index >= 15 is 0 Å². The van der Waals surface area contributed by atoms with Crippen molar-refractivity contribution in [2.75, 3.05) is 20.2 Å². The fourth-order valence-corrected chi connectivity index (χ4v) is 1.06. The number of nitrogens with one attached hydrogen (secondary N) is 1. The van der Waals surface area contributed by atoms with Crippen LogP contribution in [0.15, 0.2) is 0 Å². The first-order chi connectivity index (χ1) is 7.39. The molecule has 0 bridgehead atoms. The van der Waals surface area contributed by atoms with Crippen molar-refractivity contribution in [1.82, 2.24) is 5.32 Å². The maximum absolute atomic E-state index is 11.8. The topological polar surface area (TPSA) is 64.3 Å². The van der Waals surface area contributed by atoms with Crippen LogP contribution >= 0.6 is 12.4 Å². The molecule has 104 valence electrons. The molecule has 3 N–H and O–H groups in total. The fourth-order valence-electron chi connectivity index (χ4n) is 1.06. The number of hydrogen-bond donors (Lipinski definition) is 2. The van der Waals surface area contributed by atoms with Crippen LogP contribution in [-0.2, 0) is 9.53 Å². The lowest BCUT2D eigenvalue weighted by molar-refractivity contribution is -0.136. The Balaban J connectivity index is 0. The predicted molar refractivity (Wildman–Crippen MR) is 60.0 cm³/mol. The minimum absolute atomic E-state index is 0. The Labute approximate surface area is 104 Å². The lowest BCUT2D eigenvalue weighted by Crippen LogP contribution is -2.32. The highest BCUT2D eigenvalue weighted by molar-refractivity contribution is 5.85. The van der Waals surface area contributed by atoms with Crippen molar-refractivity contribution < 1.29 is 22.7 Å². The van der Waals surface area contributed by atoms with Gasteiger partial charge in [-0.3, -0.25) is 4.79 Å². The van der Waals surface area contributed by atoms with E-state index in [2.05, 4.69) is 5.32 Å². The van der Waals surface area contributed by atoms with Crippen LogP contribution in [0.5, 0.6) is 0 Å². The summed E-state index contributed by atoms with van der Waals surface area (Å²) in [6.07, 6.45) is -5.49. The van der Waals surface area contributed by atoms with E-state index in [1.165, 1.54) is 7.11 Å². The van der Waals surface area contributed by atoms with Gasteiger partial charge in [-0.2, -0.15) is 13.2 Å². The second-order valence-electron chi connectivity index (χ2n) is 3.37. The number of carbonyl (C=O) groups is 1. The number of halogens is 4. The molecule has 0 spiro atoms. The van der Waals surface area contributed by atoms with E-state index in [9.17, 15) is 18.0 Å². The molecule has 0 aromatic rings. The average molecular weight is 279 g/mol. The van der Waals surface area contributed by atoms with Gasteiger partial charge in [-0.1, -0.05) is 0 Å². The fraction of sp³-hybridized carbons (Fsp3) is 0.889. The van der Waals surface area contributed by atoms with E-state index < -0.39 is 12.6 Å². The van der Waals surface area contributed by atoms with E-state index in [1.807, 2.05) is 0 Å². The molecule has 0 saturated carbocycles. The molecule has 1 amide bonds. The minimum Gasteiger partial charge on any atom is -0.380 e. The molecule has 1 atom stereocenters.